The molecule has 0 radical (unpaired) electrons. The maximum absolute atomic E-state index is 5.99. The minimum Gasteiger partial charge on any atom is -0.377 e. The molecule has 15 heavy (non-hydrogen) atoms. The van der Waals surface area contributed by atoms with Crippen LogP contribution in [0.3, 0.4) is 0 Å². The fourth-order valence-electron chi connectivity index (χ4n) is 1.06. The van der Waals surface area contributed by atoms with Crippen molar-refractivity contribution in [3.63, 3.8) is 0 Å². The van der Waals surface area contributed by atoms with Crippen molar-refractivity contribution in [2.45, 2.75) is 13.0 Å². The lowest BCUT2D eigenvalue weighted by molar-refractivity contribution is 0.120. The summed E-state index contributed by atoms with van der Waals surface area (Å²) >= 11 is 17.8. The highest BCUT2D eigenvalue weighted by Crippen LogP contribution is 2.31. The first-order valence-corrected chi connectivity index (χ1v) is 5.70. The molecule has 0 saturated heterocycles. The molecule has 1 rings (SSSR count). The Morgan fingerprint density at radius 3 is 2.47 bits per heavy atom. The Balaban J connectivity index is 2.63. The molecule has 0 fully saturated rings. The lowest BCUT2D eigenvalue weighted by atomic mass is 10.2. The molecule has 0 heterocycles. The summed E-state index contributed by atoms with van der Waals surface area (Å²) < 4.78 is 5.37. The van der Waals surface area contributed by atoms with Gasteiger partial charge in [0.1, 0.15) is 0 Å². The molecule has 0 saturated carbocycles. The van der Waals surface area contributed by atoms with Gasteiger partial charge in [-0.15, -0.1) is 0 Å². The third kappa shape index (κ3) is 3.82. The number of rotatable bonds is 5. The Morgan fingerprint density at radius 2 is 1.80 bits per heavy atom. The van der Waals surface area contributed by atoms with E-state index in [1.54, 1.807) is 12.1 Å². The van der Waals surface area contributed by atoms with E-state index >= 15 is 0 Å². The molecule has 1 aromatic carbocycles. The number of halogens is 3. The molecular weight excluding hydrogens is 256 g/mol. The zero-order valence-electron chi connectivity index (χ0n) is 8.10. The fraction of sp³-hybridized carbons (Fsp3) is 0.400. The van der Waals surface area contributed by atoms with Gasteiger partial charge in [0.15, 0.2) is 0 Å². The van der Waals surface area contributed by atoms with E-state index in [9.17, 15) is 0 Å². The third-order valence-electron chi connectivity index (χ3n) is 1.88. The molecule has 0 aliphatic rings. The summed E-state index contributed by atoms with van der Waals surface area (Å²) in [5.74, 6) is 0. The Morgan fingerprint density at radius 1 is 1.13 bits per heavy atom. The van der Waals surface area contributed by atoms with Crippen molar-refractivity contribution >= 4 is 34.8 Å². The molecule has 0 aliphatic carbocycles. The minimum atomic E-state index is 0.359. The summed E-state index contributed by atoms with van der Waals surface area (Å²) in [6.07, 6.45) is 0.815. The van der Waals surface area contributed by atoms with Crippen LogP contribution in [0.5, 0.6) is 0 Å². The van der Waals surface area contributed by atoms with Gasteiger partial charge in [0.05, 0.1) is 16.7 Å². The predicted molar refractivity (Wildman–Crippen MR) is 64.8 cm³/mol. The van der Waals surface area contributed by atoms with Gasteiger partial charge in [-0.2, -0.15) is 0 Å². The number of hydrogen-bond acceptors (Lipinski definition) is 2. The van der Waals surface area contributed by atoms with Crippen LogP contribution >= 0.6 is 34.8 Å². The normalized spacial score (nSPS) is 10.7. The van der Waals surface area contributed by atoms with E-state index in [0.29, 0.717) is 34.8 Å². The van der Waals surface area contributed by atoms with E-state index in [4.69, 9.17) is 45.3 Å². The third-order valence-corrected chi connectivity index (χ3v) is 3.08. The molecule has 0 aromatic heterocycles. The summed E-state index contributed by atoms with van der Waals surface area (Å²) in [6, 6.07) is 3.37. The first kappa shape index (κ1) is 13.1. The topological polar surface area (TPSA) is 35.2 Å². The zero-order chi connectivity index (χ0) is 11.3. The van der Waals surface area contributed by atoms with E-state index < -0.39 is 0 Å². The second-order valence-corrected chi connectivity index (χ2v) is 4.21. The molecule has 0 amide bonds. The first-order valence-electron chi connectivity index (χ1n) is 4.57. The minimum absolute atomic E-state index is 0.359. The number of ether oxygens (including phenoxy) is 1. The van der Waals surface area contributed by atoms with Gasteiger partial charge in [-0.25, -0.2) is 0 Å². The second-order valence-electron chi connectivity index (χ2n) is 3.02. The highest BCUT2D eigenvalue weighted by atomic mass is 35.5. The number of hydrogen-bond donors (Lipinski definition) is 1. The second kappa shape index (κ2) is 6.56. The quantitative estimate of drug-likeness (QED) is 0.655. The van der Waals surface area contributed by atoms with Gasteiger partial charge in [0.25, 0.3) is 0 Å². The number of nitrogens with two attached hydrogens (primary N) is 1. The van der Waals surface area contributed by atoms with Crippen molar-refractivity contribution in [1.29, 1.82) is 0 Å². The van der Waals surface area contributed by atoms with Gasteiger partial charge >= 0.3 is 0 Å². The van der Waals surface area contributed by atoms with Crippen LogP contribution in [-0.2, 0) is 11.3 Å². The van der Waals surface area contributed by atoms with E-state index in [0.717, 1.165) is 12.0 Å². The molecule has 0 spiro atoms. The molecule has 0 unspecified atom stereocenters. The lowest BCUT2D eigenvalue weighted by Crippen LogP contribution is -2.04. The Hall–Kier alpha value is 0.01000. The zero-order valence-corrected chi connectivity index (χ0v) is 10.4. The van der Waals surface area contributed by atoms with E-state index in [1.165, 1.54) is 0 Å². The summed E-state index contributed by atoms with van der Waals surface area (Å²) in [6.45, 7) is 1.56. The van der Waals surface area contributed by atoms with E-state index in [-0.39, 0.29) is 0 Å². The van der Waals surface area contributed by atoms with Gasteiger partial charge in [0, 0.05) is 17.2 Å². The average molecular weight is 269 g/mol. The molecule has 84 valence electrons. The molecule has 0 aliphatic heterocycles. The number of benzene rings is 1. The van der Waals surface area contributed by atoms with Gasteiger partial charge in [-0.1, -0.05) is 34.8 Å². The fourth-order valence-corrected chi connectivity index (χ4v) is 1.72. The van der Waals surface area contributed by atoms with Crippen LogP contribution in [0.15, 0.2) is 12.1 Å². The molecule has 2 nitrogen and oxygen atoms in total. The molecule has 0 bridgehead atoms. The van der Waals surface area contributed by atoms with Crippen LogP contribution in [0, 0.1) is 0 Å². The largest absolute Gasteiger partial charge is 0.377 e. The van der Waals surface area contributed by atoms with Crippen molar-refractivity contribution in [2.75, 3.05) is 13.2 Å². The maximum atomic E-state index is 5.99. The van der Waals surface area contributed by atoms with E-state index in [1.807, 2.05) is 0 Å². The Labute approximate surface area is 104 Å². The van der Waals surface area contributed by atoms with Crippen LogP contribution < -0.4 is 5.73 Å². The monoisotopic (exact) mass is 267 g/mol. The van der Waals surface area contributed by atoms with Crippen LogP contribution in [-0.4, -0.2) is 13.2 Å². The summed E-state index contributed by atoms with van der Waals surface area (Å²) in [5.41, 5.74) is 6.06. The lowest BCUT2D eigenvalue weighted by Gasteiger charge is -2.08. The Bertz CT molecular complexity index is 331. The van der Waals surface area contributed by atoms with Crippen molar-refractivity contribution in [3.05, 3.63) is 32.8 Å². The van der Waals surface area contributed by atoms with Crippen LogP contribution in [0.25, 0.3) is 0 Å². The van der Waals surface area contributed by atoms with Crippen molar-refractivity contribution in [3.8, 4) is 0 Å². The SMILES string of the molecule is NCCCOCc1c(Cl)ccc(Cl)c1Cl. The Kier molecular flexibility index (Phi) is 5.72. The smallest absolute Gasteiger partial charge is 0.0746 e. The average Bonchev–Trinajstić information content (AvgIpc) is 2.23. The molecule has 0 atom stereocenters. The highest BCUT2D eigenvalue weighted by Gasteiger charge is 2.09. The molecule has 2 N–H and O–H groups in total. The van der Waals surface area contributed by atoms with Crippen LogP contribution in [0.1, 0.15) is 12.0 Å². The first-order chi connectivity index (χ1) is 7.16. The summed E-state index contributed by atoms with van der Waals surface area (Å²) in [4.78, 5) is 0. The van der Waals surface area contributed by atoms with Gasteiger partial charge in [-0.3, -0.25) is 0 Å². The standard InChI is InChI=1S/C10H12Cl3NO/c11-8-2-3-9(12)10(13)7(8)6-15-5-1-4-14/h2-3H,1,4-6,14H2. The van der Waals surface area contributed by atoms with Gasteiger partial charge in [0.2, 0.25) is 0 Å². The predicted octanol–water partition coefficient (Wildman–Crippen LogP) is 3.51. The highest BCUT2D eigenvalue weighted by molar-refractivity contribution is 6.44. The maximum Gasteiger partial charge on any atom is 0.0746 e. The van der Waals surface area contributed by atoms with E-state index in [2.05, 4.69) is 0 Å². The van der Waals surface area contributed by atoms with Crippen molar-refractivity contribution < 1.29 is 4.74 Å². The molecular formula is C10H12Cl3NO. The van der Waals surface area contributed by atoms with Gasteiger partial charge < -0.3 is 10.5 Å². The summed E-state index contributed by atoms with van der Waals surface area (Å²) in [5, 5.41) is 1.51. The van der Waals surface area contributed by atoms with Crippen molar-refractivity contribution in [2.24, 2.45) is 5.73 Å². The van der Waals surface area contributed by atoms with Crippen LogP contribution in [0.4, 0.5) is 0 Å². The van der Waals surface area contributed by atoms with Crippen LogP contribution in [0.2, 0.25) is 15.1 Å². The van der Waals surface area contributed by atoms with Crippen molar-refractivity contribution in [1.82, 2.24) is 0 Å². The molecule has 1 aromatic rings. The van der Waals surface area contributed by atoms with Gasteiger partial charge in [-0.05, 0) is 25.1 Å². The summed E-state index contributed by atoms with van der Waals surface area (Å²) in [7, 11) is 0. The molecule has 5 heteroatoms.